The fourth-order valence-electron chi connectivity index (χ4n) is 4.19. The van der Waals surface area contributed by atoms with Crippen molar-refractivity contribution in [2.75, 3.05) is 33.3 Å². The van der Waals surface area contributed by atoms with Crippen molar-refractivity contribution in [1.82, 2.24) is 19.8 Å². The van der Waals surface area contributed by atoms with Crippen LogP contribution in [-0.4, -0.2) is 59.6 Å². The lowest BCUT2D eigenvalue weighted by molar-refractivity contribution is -0.139. The van der Waals surface area contributed by atoms with Gasteiger partial charge in [-0.05, 0) is 29.9 Å². The lowest BCUT2D eigenvalue weighted by Crippen LogP contribution is -2.29. The molecule has 1 aromatic heterocycles. The van der Waals surface area contributed by atoms with Gasteiger partial charge in [0.15, 0.2) is 0 Å². The zero-order chi connectivity index (χ0) is 20.2. The van der Waals surface area contributed by atoms with E-state index in [1.165, 1.54) is 12.7 Å². The molecule has 31 heavy (non-hydrogen) atoms. The number of ether oxygens (including phenoxy) is 1. The van der Waals surface area contributed by atoms with Gasteiger partial charge < -0.3 is 19.5 Å². The van der Waals surface area contributed by atoms with E-state index in [0.29, 0.717) is 18.0 Å². The Morgan fingerprint density at radius 1 is 1.13 bits per heavy atom. The topological polar surface area (TPSA) is 76.5 Å². The molecule has 2 aliphatic heterocycles. The molecule has 0 aliphatic carbocycles. The van der Waals surface area contributed by atoms with Gasteiger partial charge in [-0.2, -0.15) is 0 Å². The van der Waals surface area contributed by atoms with E-state index in [1.54, 1.807) is 0 Å². The van der Waals surface area contributed by atoms with Gasteiger partial charge in [0.05, 0.1) is 13.5 Å². The summed E-state index contributed by atoms with van der Waals surface area (Å²) in [7, 11) is 1.40. The van der Waals surface area contributed by atoms with Gasteiger partial charge in [0, 0.05) is 45.3 Å². The molecule has 1 aromatic carbocycles. The van der Waals surface area contributed by atoms with Crippen molar-refractivity contribution in [3.05, 3.63) is 53.1 Å². The maximum atomic E-state index is 12.9. The summed E-state index contributed by atoms with van der Waals surface area (Å²) in [4.78, 5) is 30.8. The van der Waals surface area contributed by atoms with E-state index in [-0.39, 0.29) is 36.7 Å². The lowest BCUT2D eigenvalue weighted by Gasteiger charge is -2.15. The van der Waals surface area contributed by atoms with Crippen LogP contribution < -0.4 is 5.32 Å². The Morgan fingerprint density at radius 2 is 1.87 bits per heavy atom. The van der Waals surface area contributed by atoms with Gasteiger partial charge in [-0.1, -0.05) is 24.3 Å². The number of esters is 1. The summed E-state index contributed by atoms with van der Waals surface area (Å²) < 4.78 is 6.82. The van der Waals surface area contributed by atoms with Gasteiger partial charge in [-0.3, -0.25) is 9.59 Å². The van der Waals surface area contributed by atoms with Crippen molar-refractivity contribution in [2.45, 2.75) is 32.2 Å². The number of methoxy groups -OCH3 is 1. The van der Waals surface area contributed by atoms with Crippen molar-refractivity contribution in [1.29, 1.82) is 0 Å². The number of benzene rings is 1. The normalized spacial score (nSPS) is 17.7. The highest BCUT2D eigenvalue weighted by Crippen LogP contribution is 2.23. The number of rotatable bonds is 5. The van der Waals surface area contributed by atoms with Crippen LogP contribution in [-0.2, 0) is 35.3 Å². The number of amides is 1. The first-order chi connectivity index (χ1) is 14.1. The third-order valence-electron chi connectivity index (χ3n) is 5.83. The maximum Gasteiger partial charge on any atom is 0.309 e. The molecule has 170 valence electrons. The van der Waals surface area contributed by atoms with Crippen LogP contribution in [0.15, 0.2) is 30.5 Å². The summed E-state index contributed by atoms with van der Waals surface area (Å²) in [5, 5.41) is 3.35. The molecule has 2 aromatic rings. The Balaban J connectivity index is 0.00000171. The van der Waals surface area contributed by atoms with E-state index >= 15 is 0 Å². The highest BCUT2D eigenvalue weighted by atomic mass is 35.5. The summed E-state index contributed by atoms with van der Waals surface area (Å²) in [5.74, 6) is 1.28. The number of likely N-dealkylation sites (tertiary alicyclic amines) is 1. The predicted octanol–water partition coefficient (Wildman–Crippen LogP) is 2.29. The first-order valence-corrected chi connectivity index (χ1v) is 10.3. The molecule has 1 saturated heterocycles. The van der Waals surface area contributed by atoms with E-state index in [4.69, 9.17) is 4.74 Å². The molecule has 3 heterocycles. The Bertz CT molecular complexity index is 862. The molecule has 7 nitrogen and oxygen atoms in total. The number of halogens is 2. The van der Waals surface area contributed by atoms with Crippen LogP contribution in [0.3, 0.4) is 0 Å². The molecule has 1 amide bonds. The average molecular weight is 469 g/mol. The van der Waals surface area contributed by atoms with Crippen LogP contribution >= 0.6 is 24.8 Å². The molecule has 0 spiro atoms. The third kappa shape index (κ3) is 6.21. The molecule has 1 atom stereocenters. The number of hydrogen-bond acceptors (Lipinski definition) is 5. The third-order valence-corrected chi connectivity index (χ3v) is 5.83. The first kappa shape index (κ1) is 25.2. The zero-order valence-corrected chi connectivity index (χ0v) is 19.3. The Labute approximate surface area is 195 Å². The molecule has 0 radical (unpaired) electrons. The quantitative estimate of drug-likeness (QED) is 0.681. The fourth-order valence-corrected chi connectivity index (χ4v) is 4.19. The van der Waals surface area contributed by atoms with Crippen LogP contribution in [0.1, 0.15) is 33.9 Å². The summed E-state index contributed by atoms with van der Waals surface area (Å²) in [6, 6.07) is 8.11. The zero-order valence-electron chi connectivity index (χ0n) is 17.7. The number of carbonyl (C=O) groups excluding carboxylic acids is 2. The van der Waals surface area contributed by atoms with Crippen LogP contribution in [0.4, 0.5) is 0 Å². The molecule has 0 saturated carbocycles. The second kappa shape index (κ2) is 11.5. The van der Waals surface area contributed by atoms with Gasteiger partial charge in [-0.15, -0.1) is 24.8 Å². The van der Waals surface area contributed by atoms with Crippen molar-refractivity contribution >= 4 is 36.7 Å². The molecular formula is C22H30Cl2N4O3. The monoisotopic (exact) mass is 468 g/mol. The Kier molecular flexibility index (Phi) is 9.34. The summed E-state index contributed by atoms with van der Waals surface area (Å²) in [6.07, 6.45) is 5.02. The lowest BCUT2D eigenvalue weighted by atomic mass is 9.97. The number of hydrogen-bond donors (Lipinski definition) is 1. The van der Waals surface area contributed by atoms with E-state index in [2.05, 4.69) is 27.0 Å². The number of aromatic nitrogens is 2. The minimum absolute atomic E-state index is 0. The Hall–Kier alpha value is -2.09. The molecule has 1 N–H and O–H groups in total. The number of carbonyl (C=O) groups is 2. The van der Waals surface area contributed by atoms with E-state index in [9.17, 15) is 9.59 Å². The minimum Gasteiger partial charge on any atom is -0.469 e. The molecule has 1 unspecified atom stereocenters. The van der Waals surface area contributed by atoms with Gasteiger partial charge >= 0.3 is 5.97 Å². The number of nitrogens with one attached hydrogen (secondary N) is 1. The van der Waals surface area contributed by atoms with E-state index in [1.807, 2.05) is 23.2 Å². The van der Waals surface area contributed by atoms with Gasteiger partial charge in [-0.25, -0.2) is 4.98 Å². The van der Waals surface area contributed by atoms with Gasteiger partial charge in [0.25, 0.3) is 5.91 Å². The average Bonchev–Trinajstić information content (AvgIpc) is 3.30. The predicted molar refractivity (Wildman–Crippen MR) is 123 cm³/mol. The van der Waals surface area contributed by atoms with Crippen molar-refractivity contribution in [2.24, 2.45) is 5.92 Å². The smallest absolute Gasteiger partial charge is 0.309 e. The second-order valence-electron chi connectivity index (χ2n) is 7.92. The first-order valence-electron chi connectivity index (χ1n) is 10.3. The van der Waals surface area contributed by atoms with Crippen molar-refractivity contribution in [3.63, 3.8) is 0 Å². The van der Waals surface area contributed by atoms with E-state index < -0.39 is 0 Å². The molecule has 0 bridgehead atoms. The minimum atomic E-state index is -0.226. The van der Waals surface area contributed by atoms with E-state index in [0.717, 1.165) is 63.4 Å². The van der Waals surface area contributed by atoms with Crippen LogP contribution in [0.5, 0.6) is 0 Å². The Morgan fingerprint density at radius 3 is 2.61 bits per heavy atom. The maximum absolute atomic E-state index is 12.9. The van der Waals surface area contributed by atoms with Crippen LogP contribution in [0, 0.1) is 5.92 Å². The van der Waals surface area contributed by atoms with Gasteiger partial charge in [0.2, 0.25) is 0 Å². The molecule has 9 heteroatoms. The van der Waals surface area contributed by atoms with Gasteiger partial charge in [0.1, 0.15) is 11.5 Å². The highest BCUT2D eigenvalue weighted by molar-refractivity contribution is 5.92. The molecule has 1 fully saturated rings. The molecule has 4 rings (SSSR count). The number of imidazole rings is 1. The fraction of sp³-hybridized carbons (Fsp3) is 0.500. The van der Waals surface area contributed by atoms with Crippen LogP contribution in [0.25, 0.3) is 0 Å². The number of fused-ring (bicyclic) bond motifs is 1. The second-order valence-corrected chi connectivity index (χ2v) is 7.92. The summed E-state index contributed by atoms with van der Waals surface area (Å²) in [5.41, 5.74) is 2.77. The van der Waals surface area contributed by atoms with Crippen molar-refractivity contribution < 1.29 is 14.3 Å². The molecular weight excluding hydrogens is 439 g/mol. The molecule has 2 aliphatic rings. The largest absolute Gasteiger partial charge is 0.469 e. The summed E-state index contributed by atoms with van der Waals surface area (Å²) in [6.45, 7) is 4.25. The highest BCUT2D eigenvalue weighted by Gasteiger charge is 2.29. The SMILES string of the molecule is COC(=O)Cc1ccc(CC2CCN(C(=O)c3cn4c(n3)CCNCC4)C2)cc1.Cl.Cl. The van der Waals surface area contributed by atoms with Crippen LogP contribution in [0.2, 0.25) is 0 Å². The number of nitrogens with zero attached hydrogens (tertiary/aromatic N) is 3. The summed E-state index contributed by atoms with van der Waals surface area (Å²) >= 11 is 0. The van der Waals surface area contributed by atoms with Crippen molar-refractivity contribution in [3.8, 4) is 0 Å². The standard InChI is InChI=1S/C22H28N4O3.2ClH/c1-29-21(27)13-17-4-2-16(3-5-17)12-18-7-10-26(14-18)22(28)19-15-25-11-9-23-8-6-20(25)24-19;;/h2-5,15,18,23H,6-14H2,1H3;2*1H.